The van der Waals surface area contributed by atoms with Crippen molar-refractivity contribution >= 4 is 5.91 Å². The zero-order valence-corrected chi connectivity index (χ0v) is 13.8. The van der Waals surface area contributed by atoms with Crippen molar-refractivity contribution in [2.24, 2.45) is 5.92 Å². The number of hydrogen-bond acceptors (Lipinski definition) is 5. The van der Waals surface area contributed by atoms with Crippen LogP contribution in [0.3, 0.4) is 0 Å². The van der Waals surface area contributed by atoms with Crippen molar-refractivity contribution in [3.05, 3.63) is 11.6 Å². The molecule has 7 heteroatoms. The zero-order chi connectivity index (χ0) is 15.8. The Balaban J connectivity index is 1.62. The highest BCUT2D eigenvalue weighted by molar-refractivity contribution is 5.91. The Morgan fingerprint density at radius 1 is 1.13 bits per heavy atom. The van der Waals surface area contributed by atoms with E-state index in [1.807, 2.05) is 4.90 Å². The lowest BCUT2D eigenvalue weighted by Crippen LogP contribution is -2.46. The number of likely N-dealkylation sites (N-methyl/N-ethyl adjacent to an activating group) is 1. The molecule has 126 valence electrons. The van der Waals surface area contributed by atoms with Crippen LogP contribution in [0.4, 0.5) is 0 Å². The van der Waals surface area contributed by atoms with E-state index in [1.54, 1.807) is 0 Å². The van der Waals surface area contributed by atoms with E-state index >= 15 is 0 Å². The van der Waals surface area contributed by atoms with Gasteiger partial charge in [-0.15, -0.1) is 10.2 Å². The van der Waals surface area contributed by atoms with Crippen molar-refractivity contribution < 1.29 is 9.53 Å². The molecule has 4 rings (SSSR count). The second-order valence-corrected chi connectivity index (χ2v) is 7.14. The summed E-state index contributed by atoms with van der Waals surface area (Å²) < 4.78 is 7.83. The van der Waals surface area contributed by atoms with Crippen molar-refractivity contribution in [1.29, 1.82) is 0 Å². The van der Waals surface area contributed by atoms with Gasteiger partial charge in [0.1, 0.15) is 5.82 Å². The molecule has 0 spiro atoms. The van der Waals surface area contributed by atoms with Crippen molar-refractivity contribution in [3.8, 4) is 0 Å². The zero-order valence-electron chi connectivity index (χ0n) is 13.8. The second-order valence-electron chi connectivity index (χ2n) is 7.14. The summed E-state index contributed by atoms with van der Waals surface area (Å²) in [7, 11) is 2.13. The number of aryl methyl sites for hydroxylation is 1. The SMILES string of the molecule is CN1C[C@@H]2COC[C@H](C1)N(C(=O)c1nnc3n1CCCCC3)C2. The largest absolute Gasteiger partial charge is 0.379 e. The number of carbonyl (C=O) groups is 1. The van der Waals surface area contributed by atoms with E-state index in [1.165, 1.54) is 6.42 Å². The number of hydrogen-bond donors (Lipinski definition) is 0. The van der Waals surface area contributed by atoms with Crippen LogP contribution in [-0.4, -0.2) is 76.4 Å². The minimum atomic E-state index is 0.0291. The summed E-state index contributed by atoms with van der Waals surface area (Å²) in [6, 6.07) is 0.110. The minimum Gasteiger partial charge on any atom is -0.379 e. The van der Waals surface area contributed by atoms with Gasteiger partial charge in [0.15, 0.2) is 0 Å². The standard InChI is InChI=1S/C16H25N5O2/c1-19-7-12-8-21(13(9-19)11-23-10-12)16(22)15-18-17-14-5-3-2-4-6-20(14)15/h12-13H,2-11H2,1H3/t12-,13-/m0/s1. The van der Waals surface area contributed by atoms with E-state index < -0.39 is 0 Å². The lowest BCUT2D eigenvalue weighted by Gasteiger charge is -2.29. The van der Waals surface area contributed by atoms with Gasteiger partial charge in [-0.1, -0.05) is 6.42 Å². The highest BCUT2D eigenvalue weighted by Crippen LogP contribution is 2.22. The molecule has 0 aromatic carbocycles. The van der Waals surface area contributed by atoms with Gasteiger partial charge in [0.25, 0.3) is 5.91 Å². The van der Waals surface area contributed by atoms with E-state index in [2.05, 4.69) is 26.7 Å². The first-order valence-corrected chi connectivity index (χ1v) is 8.71. The van der Waals surface area contributed by atoms with E-state index in [-0.39, 0.29) is 11.9 Å². The van der Waals surface area contributed by atoms with Crippen LogP contribution in [0, 0.1) is 5.92 Å². The third kappa shape index (κ3) is 2.87. The molecule has 0 radical (unpaired) electrons. The third-order valence-corrected chi connectivity index (χ3v) is 5.21. The van der Waals surface area contributed by atoms with Gasteiger partial charge < -0.3 is 19.1 Å². The van der Waals surface area contributed by atoms with Crippen molar-refractivity contribution in [2.45, 2.75) is 38.3 Å². The van der Waals surface area contributed by atoms with Crippen LogP contribution >= 0.6 is 0 Å². The number of ether oxygens (including phenoxy) is 1. The highest BCUT2D eigenvalue weighted by Gasteiger charge is 2.37. The summed E-state index contributed by atoms with van der Waals surface area (Å²) in [5.74, 6) is 1.90. The lowest BCUT2D eigenvalue weighted by molar-refractivity contribution is 0.0473. The molecule has 0 unspecified atom stereocenters. The Labute approximate surface area is 136 Å². The van der Waals surface area contributed by atoms with E-state index in [0.29, 0.717) is 18.3 Å². The molecule has 4 heterocycles. The molecule has 1 aromatic rings. The Morgan fingerprint density at radius 3 is 2.96 bits per heavy atom. The molecule has 0 aliphatic carbocycles. The van der Waals surface area contributed by atoms with E-state index in [4.69, 9.17) is 4.74 Å². The van der Waals surface area contributed by atoms with Crippen LogP contribution in [-0.2, 0) is 17.7 Å². The van der Waals surface area contributed by atoms with E-state index in [0.717, 1.165) is 57.9 Å². The first-order chi connectivity index (χ1) is 11.2. The number of amides is 1. The lowest BCUT2D eigenvalue weighted by atomic mass is 10.1. The van der Waals surface area contributed by atoms with Crippen LogP contribution in [0.2, 0.25) is 0 Å². The van der Waals surface area contributed by atoms with Gasteiger partial charge in [-0.05, 0) is 19.9 Å². The summed E-state index contributed by atoms with van der Waals surface area (Å²) in [4.78, 5) is 17.5. The first-order valence-electron chi connectivity index (χ1n) is 8.71. The summed E-state index contributed by atoms with van der Waals surface area (Å²) in [6.07, 6.45) is 4.37. The fourth-order valence-corrected chi connectivity index (χ4v) is 4.10. The maximum absolute atomic E-state index is 13.2. The number of aromatic nitrogens is 3. The molecule has 23 heavy (non-hydrogen) atoms. The van der Waals surface area contributed by atoms with Crippen molar-refractivity contribution in [3.63, 3.8) is 0 Å². The molecule has 1 amide bonds. The Morgan fingerprint density at radius 2 is 2.04 bits per heavy atom. The monoisotopic (exact) mass is 319 g/mol. The molecule has 1 aromatic heterocycles. The number of fused-ring (bicyclic) bond motifs is 4. The predicted molar refractivity (Wildman–Crippen MR) is 84.2 cm³/mol. The van der Waals surface area contributed by atoms with Crippen LogP contribution in [0.15, 0.2) is 0 Å². The molecule has 3 aliphatic heterocycles. The maximum Gasteiger partial charge on any atom is 0.292 e. The summed E-state index contributed by atoms with van der Waals surface area (Å²) in [6.45, 7) is 4.83. The number of carbonyl (C=O) groups excluding carboxylic acids is 1. The fourth-order valence-electron chi connectivity index (χ4n) is 4.10. The first kappa shape index (κ1) is 15.1. The van der Waals surface area contributed by atoms with Crippen molar-refractivity contribution in [2.75, 3.05) is 39.9 Å². The van der Waals surface area contributed by atoms with Gasteiger partial charge in [-0.25, -0.2) is 0 Å². The number of rotatable bonds is 1. The molecule has 2 saturated heterocycles. The minimum absolute atomic E-state index is 0.0291. The van der Waals surface area contributed by atoms with Gasteiger partial charge in [0.05, 0.1) is 19.3 Å². The number of nitrogens with zero attached hydrogens (tertiary/aromatic N) is 5. The highest BCUT2D eigenvalue weighted by atomic mass is 16.5. The summed E-state index contributed by atoms with van der Waals surface area (Å²) in [5, 5.41) is 8.53. The predicted octanol–water partition coefficient (Wildman–Crippen LogP) is 0.407. The maximum atomic E-state index is 13.2. The van der Waals surface area contributed by atoms with Gasteiger partial charge >= 0.3 is 0 Å². The average molecular weight is 319 g/mol. The third-order valence-electron chi connectivity index (χ3n) is 5.21. The van der Waals surface area contributed by atoms with Crippen LogP contribution in [0.1, 0.15) is 35.7 Å². The molecule has 2 bridgehead atoms. The van der Waals surface area contributed by atoms with Gasteiger partial charge in [-0.3, -0.25) is 4.79 Å². The van der Waals surface area contributed by atoms with Gasteiger partial charge in [0.2, 0.25) is 5.82 Å². The molecule has 2 fully saturated rings. The second kappa shape index (κ2) is 6.20. The normalized spacial score (nSPS) is 28.8. The van der Waals surface area contributed by atoms with E-state index in [9.17, 15) is 4.79 Å². The molecule has 7 nitrogen and oxygen atoms in total. The molecule has 3 aliphatic rings. The summed E-state index contributed by atoms with van der Waals surface area (Å²) >= 11 is 0. The molecular weight excluding hydrogens is 294 g/mol. The molecule has 2 atom stereocenters. The topological polar surface area (TPSA) is 63.5 Å². The Bertz CT molecular complexity index is 587. The smallest absolute Gasteiger partial charge is 0.292 e. The molecule has 0 N–H and O–H groups in total. The summed E-state index contributed by atoms with van der Waals surface area (Å²) in [5.41, 5.74) is 0. The van der Waals surface area contributed by atoms with Gasteiger partial charge in [0, 0.05) is 38.5 Å². The molecule has 0 saturated carbocycles. The Hall–Kier alpha value is -1.47. The fraction of sp³-hybridized carbons (Fsp3) is 0.812. The quantitative estimate of drug-likeness (QED) is 0.750. The average Bonchev–Trinajstić information content (AvgIpc) is 2.70. The molecular formula is C16H25N5O2. The van der Waals surface area contributed by atoms with Gasteiger partial charge in [-0.2, -0.15) is 0 Å². The van der Waals surface area contributed by atoms with Crippen LogP contribution in [0.5, 0.6) is 0 Å². The van der Waals surface area contributed by atoms with Crippen LogP contribution in [0.25, 0.3) is 0 Å². The van der Waals surface area contributed by atoms with Crippen molar-refractivity contribution in [1.82, 2.24) is 24.6 Å². The van der Waals surface area contributed by atoms with Crippen LogP contribution < -0.4 is 0 Å². The Kier molecular flexibility index (Phi) is 4.07.